The topological polar surface area (TPSA) is 154 Å². The summed E-state index contributed by atoms with van der Waals surface area (Å²) >= 11 is 0. The third kappa shape index (κ3) is 9.94. The number of hydrogen-bond donors (Lipinski definition) is 3. The standard InChI is InChI=1S/C28H31N3O5S.C28H30O2/c1-16(2)28(33)30-12-6-5-7-25(36-15-32)31-37(34,35)24-14-23(29)21-10-8-19-17(3)13-18(4)20-9-11-22(24)27(21)26(19)20;1-17(2)28(29)30-14-8-6-7-9-21-10-11-22-20(5)16-25-19(4)15-18(3)23-12-13-24(21)26(22)27(23)25/h8-11,13-15,25,31H,1,5-7,12,29H2,2-4H3,(H,30,33);10-13,15-16H,1,6-9,14H2,2-5H3. The number of unbranched alkanes of at least 4 members (excludes halogenated alkanes) is 3. The molecule has 0 heterocycles. The number of carbonyl (C=O) groups excluding carboxylic acids is 3. The summed E-state index contributed by atoms with van der Waals surface area (Å²) in [5.41, 5.74) is 15.3. The number of benzene rings is 8. The summed E-state index contributed by atoms with van der Waals surface area (Å²) in [7, 11) is -4.11. The van der Waals surface area contributed by atoms with Crippen LogP contribution in [-0.2, 0) is 40.3 Å². The van der Waals surface area contributed by atoms with Gasteiger partial charge >= 0.3 is 5.97 Å². The van der Waals surface area contributed by atoms with E-state index in [1.165, 1.54) is 60.6 Å². The number of sulfonamides is 1. The van der Waals surface area contributed by atoms with Gasteiger partial charge in [0.2, 0.25) is 15.9 Å². The smallest absolute Gasteiger partial charge is 0.333 e. The molecule has 8 aromatic rings. The zero-order valence-electron chi connectivity index (χ0n) is 39.7. The molecule has 0 aliphatic rings. The van der Waals surface area contributed by atoms with Crippen molar-refractivity contribution in [3.8, 4) is 0 Å². The lowest BCUT2D eigenvalue weighted by atomic mass is 9.86. The molecule has 67 heavy (non-hydrogen) atoms. The van der Waals surface area contributed by atoms with Gasteiger partial charge in [0.05, 0.1) is 11.5 Å². The summed E-state index contributed by atoms with van der Waals surface area (Å²) in [6.45, 7) is 22.3. The van der Waals surface area contributed by atoms with Crippen LogP contribution in [0.4, 0.5) is 5.69 Å². The molecule has 1 amide bonds. The summed E-state index contributed by atoms with van der Waals surface area (Å²) < 4.78 is 39.9. The summed E-state index contributed by atoms with van der Waals surface area (Å²) in [5, 5.41) is 16.2. The van der Waals surface area contributed by atoms with Gasteiger partial charge in [-0.1, -0.05) is 79.9 Å². The van der Waals surface area contributed by atoms with Crippen LogP contribution in [-0.4, -0.2) is 46.1 Å². The van der Waals surface area contributed by atoms with E-state index in [2.05, 4.69) is 86.4 Å². The average Bonchev–Trinajstić information content (AvgIpc) is 3.28. The van der Waals surface area contributed by atoms with Crippen molar-refractivity contribution in [1.29, 1.82) is 0 Å². The number of amides is 1. The van der Waals surface area contributed by atoms with Crippen LogP contribution < -0.4 is 15.8 Å². The first-order chi connectivity index (χ1) is 31.9. The zero-order valence-corrected chi connectivity index (χ0v) is 40.5. The Morgan fingerprint density at radius 2 is 1.16 bits per heavy atom. The molecule has 1 unspecified atom stereocenters. The first kappa shape index (κ1) is 48.4. The van der Waals surface area contributed by atoms with Crippen molar-refractivity contribution in [3.63, 3.8) is 0 Å². The molecule has 4 N–H and O–H groups in total. The van der Waals surface area contributed by atoms with E-state index in [0.717, 1.165) is 63.7 Å². The molecule has 0 aromatic heterocycles. The fraction of sp³-hybridized carbons (Fsp3) is 0.304. The molecule has 0 aliphatic heterocycles. The van der Waals surface area contributed by atoms with Crippen molar-refractivity contribution in [2.24, 2.45) is 0 Å². The predicted octanol–water partition coefficient (Wildman–Crippen LogP) is 11.8. The van der Waals surface area contributed by atoms with Crippen LogP contribution in [0.2, 0.25) is 0 Å². The van der Waals surface area contributed by atoms with Crippen LogP contribution in [0.1, 0.15) is 85.8 Å². The highest BCUT2D eigenvalue weighted by Crippen LogP contribution is 2.43. The molecule has 11 heteroatoms. The second kappa shape index (κ2) is 20.1. The number of esters is 1. The number of carbonyl (C=O) groups is 3. The number of nitrogens with one attached hydrogen (secondary N) is 2. The Bertz CT molecular complexity index is 3320. The zero-order chi connectivity index (χ0) is 48.3. The second-order valence-electron chi connectivity index (χ2n) is 18.1. The van der Waals surface area contributed by atoms with Crippen LogP contribution in [0.5, 0.6) is 0 Å². The quantitative estimate of drug-likeness (QED) is 0.0146. The Morgan fingerprint density at radius 1 is 0.642 bits per heavy atom. The largest absolute Gasteiger partial charge is 0.462 e. The number of nitrogen functional groups attached to an aromatic ring is 1. The van der Waals surface area contributed by atoms with Crippen molar-refractivity contribution < 1.29 is 32.3 Å². The minimum Gasteiger partial charge on any atom is -0.462 e. The SMILES string of the molecule is C=C(C)C(=O)NCCCCC(NS(=O)(=O)c1cc(N)c2ccc3c(C)cc(C)c4ccc1c2c34)OC=O.C=C(C)C(=O)OCCCCCc1ccc2c(C)cc3c(C)cc(C)c4ccc1c2c43. The number of ether oxygens (including phenoxy) is 2. The first-order valence-electron chi connectivity index (χ1n) is 23.0. The fourth-order valence-electron chi connectivity index (χ4n) is 9.57. The minimum atomic E-state index is -4.11. The van der Waals surface area contributed by atoms with Gasteiger partial charge < -0.3 is 20.5 Å². The van der Waals surface area contributed by atoms with Crippen LogP contribution in [0, 0.1) is 34.6 Å². The maximum absolute atomic E-state index is 13.6. The van der Waals surface area contributed by atoms with Gasteiger partial charge in [-0.2, -0.15) is 4.72 Å². The molecule has 0 radical (unpaired) electrons. The third-order valence-electron chi connectivity index (χ3n) is 13.0. The molecule has 0 aliphatic carbocycles. The maximum Gasteiger partial charge on any atom is 0.333 e. The van der Waals surface area contributed by atoms with E-state index < -0.39 is 16.3 Å². The van der Waals surface area contributed by atoms with Gasteiger partial charge in [0.1, 0.15) is 0 Å². The second-order valence-corrected chi connectivity index (χ2v) is 19.8. The fourth-order valence-corrected chi connectivity index (χ4v) is 11.0. The van der Waals surface area contributed by atoms with E-state index in [0.29, 0.717) is 48.2 Å². The Hall–Kier alpha value is -6.56. The van der Waals surface area contributed by atoms with Gasteiger partial charge in [0.25, 0.3) is 6.47 Å². The van der Waals surface area contributed by atoms with Gasteiger partial charge in [-0.15, -0.1) is 0 Å². The summed E-state index contributed by atoms with van der Waals surface area (Å²) in [6, 6.07) is 25.1. The highest BCUT2D eigenvalue weighted by molar-refractivity contribution is 7.89. The lowest BCUT2D eigenvalue weighted by molar-refractivity contribution is -0.139. The summed E-state index contributed by atoms with van der Waals surface area (Å²) in [5.74, 6) is -0.527. The van der Waals surface area contributed by atoms with E-state index in [1.54, 1.807) is 19.9 Å². The van der Waals surface area contributed by atoms with Crippen LogP contribution in [0.15, 0.2) is 102 Å². The Morgan fingerprint density at radius 3 is 1.78 bits per heavy atom. The molecular formula is C56H61N3O7S. The molecule has 348 valence electrons. The van der Waals surface area contributed by atoms with Crippen molar-refractivity contribution in [2.45, 2.75) is 105 Å². The van der Waals surface area contributed by atoms with E-state index in [1.807, 2.05) is 32.0 Å². The lowest BCUT2D eigenvalue weighted by Gasteiger charge is -2.20. The Labute approximate surface area is 393 Å². The highest BCUT2D eigenvalue weighted by atomic mass is 32.2. The molecule has 8 rings (SSSR count). The summed E-state index contributed by atoms with van der Waals surface area (Å²) in [4.78, 5) is 34.2. The van der Waals surface area contributed by atoms with E-state index in [4.69, 9.17) is 15.2 Å². The van der Waals surface area contributed by atoms with Gasteiger partial charge in [-0.25, -0.2) is 13.2 Å². The Kier molecular flexibility index (Phi) is 14.5. The molecular weight excluding hydrogens is 859 g/mol. The monoisotopic (exact) mass is 919 g/mol. The molecule has 1 atom stereocenters. The predicted molar refractivity (Wildman–Crippen MR) is 275 cm³/mol. The molecule has 0 spiro atoms. The van der Waals surface area contributed by atoms with Crippen molar-refractivity contribution in [3.05, 3.63) is 130 Å². The molecule has 0 saturated carbocycles. The number of nitrogens with two attached hydrogens (primary N) is 1. The number of anilines is 1. The first-order valence-corrected chi connectivity index (χ1v) is 24.4. The van der Waals surface area contributed by atoms with Crippen LogP contribution in [0.25, 0.3) is 64.6 Å². The maximum atomic E-state index is 13.6. The van der Waals surface area contributed by atoms with Crippen LogP contribution in [0.3, 0.4) is 0 Å². The van der Waals surface area contributed by atoms with E-state index >= 15 is 0 Å². The number of rotatable bonds is 18. The van der Waals surface area contributed by atoms with E-state index in [-0.39, 0.29) is 29.7 Å². The minimum absolute atomic E-state index is 0.0271. The van der Waals surface area contributed by atoms with Gasteiger partial charge in [0.15, 0.2) is 6.23 Å². The molecule has 8 aromatic carbocycles. The van der Waals surface area contributed by atoms with Crippen LogP contribution >= 0.6 is 0 Å². The van der Waals surface area contributed by atoms with Crippen molar-refractivity contribution in [2.75, 3.05) is 18.9 Å². The number of aryl methyl sites for hydroxylation is 6. The third-order valence-corrected chi connectivity index (χ3v) is 14.4. The van der Waals surface area contributed by atoms with Crippen molar-refractivity contribution in [1.82, 2.24) is 10.0 Å². The highest BCUT2D eigenvalue weighted by Gasteiger charge is 2.26. The molecule has 10 nitrogen and oxygen atoms in total. The van der Waals surface area contributed by atoms with E-state index in [9.17, 15) is 22.8 Å². The molecule has 0 bridgehead atoms. The average molecular weight is 920 g/mol. The summed E-state index contributed by atoms with van der Waals surface area (Å²) in [6.07, 6.45) is 4.32. The Balaban J connectivity index is 0.000000203. The normalized spacial score (nSPS) is 12.2. The molecule has 0 fully saturated rings. The van der Waals surface area contributed by atoms with Gasteiger partial charge in [-0.3, -0.25) is 9.59 Å². The van der Waals surface area contributed by atoms with Gasteiger partial charge in [0, 0.05) is 39.5 Å². The van der Waals surface area contributed by atoms with Gasteiger partial charge in [-0.05, 0) is 181 Å². The molecule has 0 saturated heterocycles. The number of hydrogen-bond acceptors (Lipinski definition) is 8. The lowest BCUT2D eigenvalue weighted by Crippen LogP contribution is -2.37. The van der Waals surface area contributed by atoms with Crippen molar-refractivity contribution >= 4 is 98.7 Å².